The number of unbranched alkanes of at least 4 members (excludes halogenated alkanes) is 2. The van der Waals surface area contributed by atoms with Crippen LogP contribution in [0, 0.1) is 0 Å². The van der Waals surface area contributed by atoms with Gasteiger partial charge in [0.2, 0.25) is 0 Å². The van der Waals surface area contributed by atoms with Gasteiger partial charge in [0.15, 0.2) is 5.76 Å². The largest absolute Gasteiger partial charge is 0.454 e. The molecule has 8 heteroatoms. The molecule has 1 aromatic carbocycles. The lowest BCUT2D eigenvalue weighted by atomic mass is 10.2. The van der Waals surface area contributed by atoms with Gasteiger partial charge in [0.05, 0.1) is 6.54 Å². The molecule has 3 amide bonds. The Bertz CT molecular complexity index is 768. The first kappa shape index (κ1) is 22.8. The number of halogens is 1. The lowest BCUT2D eigenvalue weighted by Gasteiger charge is -2.20. The Morgan fingerprint density at radius 2 is 1.62 bits per heavy atom. The van der Waals surface area contributed by atoms with Crippen molar-refractivity contribution in [1.82, 2.24) is 15.8 Å². The number of urea groups is 1. The molecule has 3 N–H and O–H groups in total. The molecule has 29 heavy (non-hydrogen) atoms. The smallest absolute Gasteiger partial charge is 0.337 e. The maximum atomic E-state index is 12.2. The number of benzene rings is 1. The standard InChI is InChI=1S/C21H29ClN4O3/c1-3-5-13-26(14-6-4-2)15-18-11-12-19(29-18)20(27)24-25-21(28)23-17-9-7-16(22)8-10-17/h7-12H,3-6,13-15H2,1-2H3,(H,24,27)(H2,23,25,28). The predicted octanol–water partition coefficient (Wildman–Crippen LogP) is 4.80. The highest BCUT2D eigenvalue weighted by Crippen LogP contribution is 2.14. The summed E-state index contributed by atoms with van der Waals surface area (Å²) < 4.78 is 5.66. The van der Waals surface area contributed by atoms with Gasteiger partial charge in [0.1, 0.15) is 5.76 Å². The minimum atomic E-state index is -0.572. The zero-order valence-electron chi connectivity index (χ0n) is 17.0. The molecular weight excluding hydrogens is 392 g/mol. The van der Waals surface area contributed by atoms with Crippen molar-refractivity contribution in [2.45, 2.75) is 46.1 Å². The number of furan rings is 1. The highest BCUT2D eigenvalue weighted by molar-refractivity contribution is 6.30. The van der Waals surface area contributed by atoms with Crippen molar-refractivity contribution in [3.05, 3.63) is 52.9 Å². The minimum absolute atomic E-state index is 0.151. The van der Waals surface area contributed by atoms with E-state index in [-0.39, 0.29) is 5.76 Å². The van der Waals surface area contributed by atoms with Crippen molar-refractivity contribution < 1.29 is 14.0 Å². The van der Waals surface area contributed by atoms with Gasteiger partial charge in [-0.3, -0.25) is 15.1 Å². The summed E-state index contributed by atoms with van der Waals surface area (Å²) in [6.07, 6.45) is 4.53. The molecular formula is C21H29ClN4O3. The summed E-state index contributed by atoms with van der Waals surface area (Å²) >= 11 is 5.80. The van der Waals surface area contributed by atoms with Gasteiger partial charge in [-0.15, -0.1) is 0 Å². The summed E-state index contributed by atoms with van der Waals surface area (Å²) in [6.45, 7) is 7.01. The molecule has 0 fully saturated rings. The molecule has 0 atom stereocenters. The lowest BCUT2D eigenvalue weighted by Crippen LogP contribution is -2.43. The zero-order chi connectivity index (χ0) is 21.1. The van der Waals surface area contributed by atoms with Crippen LogP contribution in [0.1, 0.15) is 55.8 Å². The monoisotopic (exact) mass is 420 g/mol. The minimum Gasteiger partial charge on any atom is -0.454 e. The van der Waals surface area contributed by atoms with Crippen molar-refractivity contribution in [2.24, 2.45) is 0 Å². The van der Waals surface area contributed by atoms with Crippen molar-refractivity contribution in [2.75, 3.05) is 18.4 Å². The summed E-state index contributed by atoms with van der Waals surface area (Å²) in [5, 5.41) is 3.16. The van der Waals surface area contributed by atoms with Gasteiger partial charge < -0.3 is 9.73 Å². The highest BCUT2D eigenvalue weighted by Gasteiger charge is 2.14. The number of anilines is 1. The van der Waals surface area contributed by atoms with Crippen LogP contribution in [-0.2, 0) is 6.54 Å². The maximum absolute atomic E-state index is 12.2. The van der Waals surface area contributed by atoms with Gasteiger partial charge >= 0.3 is 11.9 Å². The maximum Gasteiger partial charge on any atom is 0.337 e. The number of carbonyl (C=O) groups is 2. The van der Waals surface area contributed by atoms with Crippen molar-refractivity contribution in [3.8, 4) is 0 Å². The number of hydrogen-bond donors (Lipinski definition) is 3. The molecule has 1 heterocycles. The molecule has 2 rings (SSSR count). The van der Waals surface area contributed by atoms with Gasteiger partial charge in [-0.05, 0) is 62.3 Å². The van der Waals surface area contributed by atoms with E-state index < -0.39 is 11.9 Å². The van der Waals surface area contributed by atoms with E-state index in [0.29, 0.717) is 17.3 Å². The summed E-state index contributed by atoms with van der Waals surface area (Å²) in [6, 6.07) is 9.47. The fourth-order valence-electron chi connectivity index (χ4n) is 2.71. The zero-order valence-corrected chi connectivity index (χ0v) is 17.7. The normalized spacial score (nSPS) is 10.8. The number of nitrogens with one attached hydrogen (secondary N) is 3. The van der Waals surface area contributed by atoms with Crippen LogP contribution in [0.5, 0.6) is 0 Å². The molecule has 0 bridgehead atoms. The summed E-state index contributed by atoms with van der Waals surface area (Å²) in [5.74, 6) is 0.363. The number of nitrogens with zero attached hydrogens (tertiary/aromatic N) is 1. The van der Waals surface area contributed by atoms with Gasteiger partial charge in [-0.2, -0.15) is 0 Å². The van der Waals surface area contributed by atoms with Gasteiger partial charge in [0, 0.05) is 10.7 Å². The number of hydrogen-bond acceptors (Lipinski definition) is 4. The third-order valence-corrected chi connectivity index (χ3v) is 4.56. The van der Waals surface area contributed by atoms with Crippen molar-refractivity contribution in [1.29, 1.82) is 0 Å². The van der Waals surface area contributed by atoms with E-state index in [2.05, 4.69) is 34.9 Å². The van der Waals surface area contributed by atoms with Crippen LogP contribution in [0.15, 0.2) is 40.8 Å². The van der Waals surface area contributed by atoms with E-state index in [1.807, 2.05) is 0 Å². The molecule has 0 spiro atoms. The summed E-state index contributed by atoms with van der Waals surface area (Å²) in [5.41, 5.74) is 5.18. The first-order valence-electron chi connectivity index (χ1n) is 9.95. The Hall–Kier alpha value is -2.51. The molecule has 0 aliphatic heterocycles. The Kier molecular flexibility index (Phi) is 9.53. The topological polar surface area (TPSA) is 86.6 Å². The average molecular weight is 421 g/mol. The first-order chi connectivity index (χ1) is 14.0. The van der Waals surface area contributed by atoms with E-state index in [9.17, 15) is 9.59 Å². The second-order valence-corrected chi connectivity index (χ2v) is 7.23. The van der Waals surface area contributed by atoms with Crippen molar-refractivity contribution in [3.63, 3.8) is 0 Å². The summed E-state index contributed by atoms with van der Waals surface area (Å²) in [7, 11) is 0. The van der Waals surface area contributed by atoms with Crippen LogP contribution in [0.2, 0.25) is 5.02 Å². The molecule has 0 saturated carbocycles. The molecule has 158 valence electrons. The average Bonchev–Trinajstić information content (AvgIpc) is 3.18. The molecule has 1 aromatic heterocycles. The molecule has 0 radical (unpaired) electrons. The molecule has 0 unspecified atom stereocenters. The van der Waals surface area contributed by atoms with Crippen LogP contribution in [0.4, 0.5) is 10.5 Å². The SMILES string of the molecule is CCCCN(CCCC)Cc1ccc(C(=O)NNC(=O)Nc2ccc(Cl)cc2)o1. The molecule has 0 saturated heterocycles. The van der Waals surface area contributed by atoms with Crippen LogP contribution >= 0.6 is 11.6 Å². The van der Waals surface area contributed by atoms with Gasteiger partial charge in [0.25, 0.3) is 0 Å². The molecule has 0 aliphatic carbocycles. The Morgan fingerprint density at radius 3 is 2.24 bits per heavy atom. The van der Waals surface area contributed by atoms with E-state index in [4.69, 9.17) is 16.0 Å². The number of rotatable bonds is 10. The van der Waals surface area contributed by atoms with Crippen LogP contribution in [-0.4, -0.2) is 29.9 Å². The second-order valence-electron chi connectivity index (χ2n) is 6.79. The Labute approximate surface area is 176 Å². The van der Waals surface area contributed by atoms with Crippen molar-refractivity contribution >= 4 is 29.2 Å². The Morgan fingerprint density at radius 1 is 0.966 bits per heavy atom. The van der Waals surface area contributed by atoms with Crippen LogP contribution in [0.25, 0.3) is 0 Å². The summed E-state index contributed by atoms with van der Waals surface area (Å²) in [4.78, 5) is 26.4. The fraction of sp³-hybridized carbons (Fsp3) is 0.429. The first-order valence-corrected chi connectivity index (χ1v) is 10.3. The number of hydrazine groups is 1. The van der Waals surface area contributed by atoms with Gasteiger partial charge in [-0.1, -0.05) is 38.3 Å². The van der Waals surface area contributed by atoms with Crippen LogP contribution < -0.4 is 16.2 Å². The van der Waals surface area contributed by atoms with E-state index in [1.165, 1.54) is 0 Å². The Balaban J connectivity index is 1.82. The number of carbonyl (C=O) groups excluding carboxylic acids is 2. The third kappa shape index (κ3) is 8.17. The van der Waals surface area contributed by atoms with E-state index in [0.717, 1.165) is 44.5 Å². The van der Waals surface area contributed by atoms with E-state index in [1.54, 1.807) is 36.4 Å². The predicted molar refractivity (Wildman–Crippen MR) is 115 cm³/mol. The quantitative estimate of drug-likeness (QED) is 0.482. The molecule has 0 aliphatic rings. The van der Waals surface area contributed by atoms with Gasteiger partial charge in [-0.25, -0.2) is 10.2 Å². The second kappa shape index (κ2) is 12.1. The van der Waals surface area contributed by atoms with Crippen LogP contribution in [0.3, 0.4) is 0 Å². The fourth-order valence-corrected chi connectivity index (χ4v) is 2.84. The highest BCUT2D eigenvalue weighted by atomic mass is 35.5. The van der Waals surface area contributed by atoms with E-state index >= 15 is 0 Å². The molecule has 7 nitrogen and oxygen atoms in total. The molecule has 2 aromatic rings. The third-order valence-electron chi connectivity index (χ3n) is 4.31. The number of amides is 3. The lowest BCUT2D eigenvalue weighted by molar-refractivity contribution is 0.0906.